The molecule has 1 heterocycles. The van der Waals surface area contributed by atoms with Crippen LogP contribution in [0.3, 0.4) is 0 Å². The summed E-state index contributed by atoms with van der Waals surface area (Å²) in [6, 6.07) is 24.6. The van der Waals surface area contributed by atoms with Crippen molar-refractivity contribution < 1.29 is 4.79 Å². The average molecular weight is 382 g/mol. The summed E-state index contributed by atoms with van der Waals surface area (Å²) in [5.74, 6) is -0.0904. The first-order valence-corrected chi connectivity index (χ1v) is 9.58. The molecule has 0 fully saturated rings. The van der Waals surface area contributed by atoms with Crippen molar-refractivity contribution in [3.63, 3.8) is 0 Å². The fraction of sp³-hybridized carbons (Fsp3) is 0.120. The third-order valence-corrected chi connectivity index (χ3v) is 5.08. The molecule has 1 aromatic heterocycles. The molecule has 4 rings (SSSR count). The van der Waals surface area contributed by atoms with Crippen molar-refractivity contribution in [2.45, 2.75) is 20.4 Å². The summed E-state index contributed by atoms with van der Waals surface area (Å²) in [5.41, 5.74) is 4.90. The standard InChI is InChI=1S/C25H22N2O2/c1-17-8-7-10-19(14-17)25(29)27(23-13-6-3-9-18(23)2)16-20-15-24(28)26-22-12-5-4-11-21(20)22/h3-15H,16H2,1-2H3,(H,26,28). The van der Waals surface area contributed by atoms with E-state index in [0.717, 1.165) is 33.3 Å². The monoisotopic (exact) mass is 382 g/mol. The van der Waals surface area contributed by atoms with Crippen LogP contribution in [0.15, 0.2) is 83.7 Å². The number of amides is 1. The largest absolute Gasteiger partial charge is 0.322 e. The summed E-state index contributed by atoms with van der Waals surface area (Å²) >= 11 is 0. The number of carbonyl (C=O) groups excluding carboxylic acids is 1. The van der Waals surface area contributed by atoms with Crippen LogP contribution >= 0.6 is 0 Å². The van der Waals surface area contributed by atoms with Crippen molar-refractivity contribution in [3.8, 4) is 0 Å². The Balaban J connectivity index is 1.85. The van der Waals surface area contributed by atoms with E-state index in [9.17, 15) is 9.59 Å². The van der Waals surface area contributed by atoms with Gasteiger partial charge in [0.05, 0.1) is 6.54 Å². The fourth-order valence-electron chi connectivity index (χ4n) is 3.64. The quantitative estimate of drug-likeness (QED) is 0.540. The molecular weight excluding hydrogens is 360 g/mol. The van der Waals surface area contributed by atoms with Crippen molar-refractivity contribution in [3.05, 3.63) is 111 Å². The van der Waals surface area contributed by atoms with Gasteiger partial charge in [-0.05, 0) is 49.2 Å². The van der Waals surface area contributed by atoms with Gasteiger partial charge in [-0.2, -0.15) is 0 Å². The zero-order valence-corrected chi connectivity index (χ0v) is 16.5. The van der Waals surface area contributed by atoms with Gasteiger partial charge < -0.3 is 9.88 Å². The highest BCUT2D eigenvalue weighted by atomic mass is 16.2. The topological polar surface area (TPSA) is 53.2 Å². The first kappa shape index (κ1) is 18.7. The summed E-state index contributed by atoms with van der Waals surface area (Å²) in [6.45, 7) is 4.27. The van der Waals surface area contributed by atoms with Gasteiger partial charge in [0.15, 0.2) is 0 Å². The fourth-order valence-corrected chi connectivity index (χ4v) is 3.64. The molecule has 0 aliphatic carbocycles. The number of H-pyrrole nitrogens is 1. The highest BCUT2D eigenvalue weighted by Gasteiger charge is 2.21. The van der Waals surface area contributed by atoms with Crippen molar-refractivity contribution in [2.75, 3.05) is 4.90 Å². The number of anilines is 1. The van der Waals surface area contributed by atoms with Crippen molar-refractivity contribution in [1.29, 1.82) is 0 Å². The third-order valence-electron chi connectivity index (χ3n) is 5.08. The van der Waals surface area contributed by atoms with Gasteiger partial charge in [0.1, 0.15) is 0 Å². The highest BCUT2D eigenvalue weighted by Crippen LogP contribution is 2.26. The Kier molecular flexibility index (Phi) is 5.00. The van der Waals surface area contributed by atoms with Crippen LogP contribution in [-0.2, 0) is 6.54 Å². The SMILES string of the molecule is Cc1cccc(C(=O)N(Cc2cc(=O)[nH]c3ccccc23)c2ccccc2C)c1. The molecule has 1 N–H and O–H groups in total. The number of aromatic amines is 1. The number of para-hydroxylation sites is 2. The molecule has 4 heteroatoms. The molecule has 4 aromatic rings. The molecule has 0 bridgehead atoms. The van der Waals surface area contributed by atoms with E-state index in [-0.39, 0.29) is 11.5 Å². The normalized spacial score (nSPS) is 10.8. The lowest BCUT2D eigenvalue weighted by Gasteiger charge is -2.25. The number of benzene rings is 3. The first-order valence-electron chi connectivity index (χ1n) is 9.58. The molecule has 3 aromatic carbocycles. The molecule has 29 heavy (non-hydrogen) atoms. The zero-order valence-electron chi connectivity index (χ0n) is 16.5. The van der Waals surface area contributed by atoms with Gasteiger partial charge in [0.25, 0.3) is 5.91 Å². The summed E-state index contributed by atoms with van der Waals surface area (Å²) in [7, 11) is 0. The van der Waals surface area contributed by atoms with Crippen LogP contribution in [0.4, 0.5) is 5.69 Å². The number of aromatic nitrogens is 1. The van der Waals surface area contributed by atoms with Gasteiger partial charge >= 0.3 is 0 Å². The van der Waals surface area contributed by atoms with Gasteiger partial charge in [-0.15, -0.1) is 0 Å². The van der Waals surface area contributed by atoms with E-state index in [0.29, 0.717) is 12.1 Å². The minimum atomic E-state index is -0.175. The number of fused-ring (bicyclic) bond motifs is 1. The van der Waals surface area contributed by atoms with E-state index in [1.54, 1.807) is 11.0 Å². The van der Waals surface area contributed by atoms with Crippen LogP contribution in [0.2, 0.25) is 0 Å². The number of aryl methyl sites for hydroxylation is 2. The first-order chi connectivity index (χ1) is 14.0. The maximum atomic E-state index is 13.5. The van der Waals surface area contributed by atoms with E-state index in [4.69, 9.17) is 0 Å². The number of hydrogen-bond acceptors (Lipinski definition) is 2. The molecule has 0 unspecified atom stereocenters. The molecule has 0 saturated carbocycles. The molecule has 0 saturated heterocycles. The smallest absolute Gasteiger partial charge is 0.258 e. The Labute approximate surface area is 169 Å². The molecule has 0 atom stereocenters. The van der Waals surface area contributed by atoms with E-state index in [1.807, 2.05) is 86.6 Å². The zero-order chi connectivity index (χ0) is 20.4. The number of nitrogens with zero attached hydrogens (tertiary/aromatic N) is 1. The molecular formula is C25H22N2O2. The van der Waals surface area contributed by atoms with Crippen LogP contribution in [0.25, 0.3) is 10.9 Å². The van der Waals surface area contributed by atoms with Crippen molar-refractivity contribution in [2.24, 2.45) is 0 Å². The molecule has 1 amide bonds. The second kappa shape index (κ2) is 7.76. The van der Waals surface area contributed by atoms with Gasteiger partial charge in [0.2, 0.25) is 5.56 Å². The number of carbonyl (C=O) groups is 1. The number of rotatable bonds is 4. The minimum Gasteiger partial charge on any atom is -0.322 e. The van der Waals surface area contributed by atoms with Crippen LogP contribution < -0.4 is 10.5 Å². The number of nitrogens with one attached hydrogen (secondary N) is 1. The Morgan fingerprint density at radius 1 is 0.897 bits per heavy atom. The van der Waals surface area contributed by atoms with Gasteiger partial charge in [-0.25, -0.2) is 0 Å². The predicted octanol–water partition coefficient (Wildman–Crippen LogP) is 4.99. The van der Waals surface area contributed by atoms with Gasteiger partial charge in [0, 0.05) is 28.2 Å². The summed E-state index contributed by atoms with van der Waals surface area (Å²) in [6.07, 6.45) is 0. The lowest BCUT2D eigenvalue weighted by molar-refractivity contribution is 0.0985. The second-order valence-corrected chi connectivity index (χ2v) is 7.25. The maximum absolute atomic E-state index is 13.5. The highest BCUT2D eigenvalue weighted by molar-refractivity contribution is 6.06. The summed E-state index contributed by atoms with van der Waals surface area (Å²) in [4.78, 5) is 30.3. The number of hydrogen-bond donors (Lipinski definition) is 1. The molecule has 144 valence electrons. The molecule has 0 aliphatic rings. The van der Waals surface area contributed by atoms with E-state index >= 15 is 0 Å². The third kappa shape index (κ3) is 3.83. The lowest BCUT2D eigenvalue weighted by atomic mass is 10.1. The Hall–Kier alpha value is -3.66. The van der Waals surface area contributed by atoms with Crippen LogP contribution in [0.1, 0.15) is 27.0 Å². The van der Waals surface area contributed by atoms with Crippen LogP contribution in [0, 0.1) is 13.8 Å². The summed E-state index contributed by atoms with van der Waals surface area (Å²) < 4.78 is 0. The molecule has 0 radical (unpaired) electrons. The van der Waals surface area contributed by atoms with Crippen molar-refractivity contribution >= 4 is 22.5 Å². The molecule has 0 spiro atoms. The predicted molar refractivity (Wildman–Crippen MR) is 117 cm³/mol. The van der Waals surface area contributed by atoms with E-state index in [1.165, 1.54) is 0 Å². The maximum Gasteiger partial charge on any atom is 0.258 e. The van der Waals surface area contributed by atoms with Crippen molar-refractivity contribution in [1.82, 2.24) is 4.98 Å². The minimum absolute atomic E-state index is 0.0904. The average Bonchev–Trinajstić information content (AvgIpc) is 2.72. The van der Waals surface area contributed by atoms with Gasteiger partial charge in [-0.3, -0.25) is 9.59 Å². The summed E-state index contributed by atoms with van der Waals surface area (Å²) in [5, 5.41) is 0.933. The van der Waals surface area contributed by atoms with Crippen LogP contribution in [-0.4, -0.2) is 10.9 Å². The Morgan fingerprint density at radius 2 is 1.66 bits per heavy atom. The lowest BCUT2D eigenvalue weighted by Crippen LogP contribution is -2.31. The van der Waals surface area contributed by atoms with Crippen LogP contribution in [0.5, 0.6) is 0 Å². The Bertz CT molecular complexity index is 1260. The molecule has 0 aliphatic heterocycles. The van der Waals surface area contributed by atoms with E-state index in [2.05, 4.69) is 4.98 Å². The van der Waals surface area contributed by atoms with Gasteiger partial charge in [-0.1, -0.05) is 54.1 Å². The number of pyridine rings is 1. The van der Waals surface area contributed by atoms with E-state index < -0.39 is 0 Å². The molecule has 4 nitrogen and oxygen atoms in total. The Morgan fingerprint density at radius 3 is 2.45 bits per heavy atom. The second-order valence-electron chi connectivity index (χ2n) is 7.25.